The van der Waals surface area contributed by atoms with E-state index in [0.29, 0.717) is 12.6 Å². The van der Waals surface area contributed by atoms with E-state index in [-0.39, 0.29) is 29.8 Å². The van der Waals surface area contributed by atoms with E-state index in [1.54, 1.807) is 0 Å². The summed E-state index contributed by atoms with van der Waals surface area (Å²) in [7, 11) is 0. The molecule has 2 aliphatic heterocycles. The summed E-state index contributed by atoms with van der Waals surface area (Å²) in [5.41, 5.74) is 0. The Balaban J connectivity index is 1.95. The molecule has 5 nitrogen and oxygen atoms in total. The summed E-state index contributed by atoms with van der Waals surface area (Å²) in [4.78, 5) is 30.0. The molecule has 0 aromatic rings. The highest BCUT2D eigenvalue weighted by atomic mass is 16.2. The van der Waals surface area contributed by atoms with Crippen molar-refractivity contribution in [2.45, 2.75) is 90.8 Å². The number of likely N-dealkylation sites (tertiary alicyclic amines) is 2. The van der Waals surface area contributed by atoms with Crippen LogP contribution in [0.3, 0.4) is 0 Å². The number of amides is 2. The predicted molar refractivity (Wildman–Crippen MR) is 101 cm³/mol. The van der Waals surface area contributed by atoms with E-state index in [9.17, 15) is 9.59 Å². The molecule has 0 aliphatic carbocycles. The Morgan fingerprint density at radius 3 is 2.52 bits per heavy atom. The Morgan fingerprint density at radius 2 is 1.84 bits per heavy atom. The Kier molecular flexibility index (Phi) is 7.73. The molecule has 25 heavy (non-hydrogen) atoms. The van der Waals surface area contributed by atoms with E-state index < -0.39 is 0 Å². The zero-order valence-electron chi connectivity index (χ0n) is 16.6. The molecule has 144 valence electrons. The molecule has 0 bridgehead atoms. The van der Waals surface area contributed by atoms with E-state index in [0.717, 1.165) is 51.6 Å². The van der Waals surface area contributed by atoms with Crippen molar-refractivity contribution in [2.75, 3.05) is 19.6 Å². The summed E-state index contributed by atoms with van der Waals surface area (Å²) in [6, 6.07) is 0.626. The van der Waals surface area contributed by atoms with E-state index in [4.69, 9.17) is 0 Å². The van der Waals surface area contributed by atoms with Crippen LogP contribution >= 0.6 is 0 Å². The first-order chi connectivity index (χ1) is 11.9. The molecule has 2 fully saturated rings. The number of nitrogens with zero attached hydrogens (tertiary/aromatic N) is 2. The molecule has 3 atom stereocenters. The monoisotopic (exact) mass is 351 g/mol. The molecular weight excluding hydrogens is 314 g/mol. The van der Waals surface area contributed by atoms with Gasteiger partial charge < -0.3 is 10.2 Å². The Morgan fingerprint density at radius 1 is 1.08 bits per heavy atom. The van der Waals surface area contributed by atoms with Gasteiger partial charge in [-0.05, 0) is 59.4 Å². The molecule has 0 saturated carbocycles. The van der Waals surface area contributed by atoms with Gasteiger partial charge in [-0.2, -0.15) is 0 Å². The number of carbonyl (C=O) groups is 2. The number of hydrogen-bond donors (Lipinski definition) is 1. The van der Waals surface area contributed by atoms with E-state index in [1.165, 1.54) is 6.42 Å². The van der Waals surface area contributed by atoms with Crippen LogP contribution in [0.5, 0.6) is 0 Å². The number of piperidine rings is 2. The molecule has 1 N–H and O–H groups in total. The van der Waals surface area contributed by atoms with Crippen LogP contribution in [0.15, 0.2) is 0 Å². The lowest BCUT2D eigenvalue weighted by Crippen LogP contribution is -2.56. The van der Waals surface area contributed by atoms with E-state index in [1.807, 2.05) is 4.90 Å². The topological polar surface area (TPSA) is 52.7 Å². The third-order valence-corrected chi connectivity index (χ3v) is 5.71. The van der Waals surface area contributed by atoms with Crippen LogP contribution in [0.1, 0.15) is 72.6 Å². The SMILES string of the molecule is CCCC(C)NC(=O)C1CCCN(C(=O)C2CCCCN2C(C)C)C1. The van der Waals surface area contributed by atoms with Crippen molar-refractivity contribution in [3.05, 3.63) is 0 Å². The summed E-state index contributed by atoms with van der Waals surface area (Å²) in [5, 5.41) is 3.13. The third kappa shape index (κ3) is 5.44. The fourth-order valence-corrected chi connectivity index (χ4v) is 4.31. The summed E-state index contributed by atoms with van der Waals surface area (Å²) in [6.07, 6.45) is 7.18. The van der Waals surface area contributed by atoms with Gasteiger partial charge in [-0.3, -0.25) is 14.5 Å². The second-order valence-corrected chi connectivity index (χ2v) is 8.16. The fourth-order valence-electron chi connectivity index (χ4n) is 4.31. The number of nitrogens with one attached hydrogen (secondary N) is 1. The second-order valence-electron chi connectivity index (χ2n) is 8.16. The van der Waals surface area contributed by atoms with Gasteiger partial charge >= 0.3 is 0 Å². The summed E-state index contributed by atoms with van der Waals surface area (Å²) in [6.45, 7) is 11.0. The van der Waals surface area contributed by atoms with Crippen molar-refractivity contribution in [3.63, 3.8) is 0 Å². The van der Waals surface area contributed by atoms with E-state index >= 15 is 0 Å². The third-order valence-electron chi connectivity index (χ3n) is 5.71. The second kappa shape index (κ2) is 9.56. The summed E-state index contributed by atoms with van der Waals surface area (Å²) >= 11 is 0. The van der Waals surface area contributed by atoms with Crippen molar-refractivity contribution in [1.82, 2.24) is 15.1 Å². The van der Waals surface area contributed by atoms with Gasteiger partial charge in [-0.1, -0.05) is 19.8 Å². The van der Waals surface area contributed by atoms with Crippen LogP contribution in [0, 0.1) is 5.92 Å². The van der Waals surface area contributed by atoms with Gasteiger partial charge in [0.15, 0.2) is 0 Å². The van der Waals surface area contributed by atoms with Crippen molar-refractivity contribution < 1.29 is 9.59 Å². The smallest absolute Gasteiger partial charge is 0.239 e. The van der Waals surface area contributed by atoms with Gasteiger partial charge in [-0.25, -0.2) is 0 Å². The molecule has 2 aliphatic rings. The minimum absolute atomic E-state index is 0.00887. The lowest BCUT2D eigenvalue weighted by atomic mass is 9.94. The zero-order valence-corrected chi connectivity index (χ0v) is 16.6. The first kappa shape index (κ1) is 20.2. The van der Waals surface area contributed by atoms with Crippen molar-refractivity contribution in [2.24, 2.45) is 5.92 Å². The summed E-state index contributed by atoms with van der Waals surface area (Å²) < 4.78 is 0. The number of hydrogen-bond acceptors (Lipinski definition) is 3. The highest BCUT2D eigenvalue weighted by Gasteiger charge is 2.36. The molecule has 0 radical (unpaired) electrons. The minimum Gasteiger partial charge on any atom is -0.353 e. The summed E-state index contributed by atoms with van der Waals surface area (Å²) in [5.74, 6) is 0.323. The number of carbonyl (C=O) groups excluding carboxylic acids is 2. The molecule has 2 amide bonds. The molecule has 2 heterocycles. The molecule has 0 aromatic heterocycles. The largest absolute Gasteiger partial charge is 0.353 e. The Bertz CT molecular complexity index is 452. The standard InChI is InChI=1S/C20H37N3O2/c1-5-9-16(4)21-19(24)17-10-8-12-22(14-17)20(25)18-11-6-7-13-23(18)15(2)3/h15-18H,5-14H2,1-4H3,(H,21,24). The fraction of sp³-hybridized carbons (Fsp3) is 0.900. The van der Waals surface area contributed by atoms with Gasteiger partial charge in [0, 0.05) is 25.2 Å². The van der Waals surface area contributed by atoms with Gasteiger partial charge in [-0.15, -0.1) is 0 Å². The highest BCUT2D eigenvalue weighted by molar-refractivity contribution is 5.84. The Labute approximate surface area is 153 Å². The van der Waals surface area contributed by atoms with Crippen molar-refractivity contribution in [3.8, 4) is 0 Å². The normalized spacial score (nSPS) is 26.5. The predicted octanol–water partition coefficient (Wildman–Crippen LogP) is 2.79. The quantitative estimate of drug-likeness (QED) is 0.800. The van der Waals surface area contributed by atoms with Gasteiger partial charge in [0.05, 0.1) is 12.0 Å². The van der Waals surface area contributed by atoms with E-state index in [2.05, 4.69) is 37.9 Å². The van der Waals surface area contributed by atoms with Crippen molar-refractivity contribution >= 4 is 11.8 Å². The molecule has 2 rings (SSSR count). The lowest BCUT2D eigenvalue weighted by molar-refractivity contribution is -0.142. The minimum atomic E-state index is -0.0481. The molecule has 5 heteroatoms. The van der Waals surface area contributed by atoms with Crippen LogP contribution in [0.2, 0.25) is 0 Å². The maximum atomic E-state index is 13.1. The first-order valence-corrected chi connectivity index (χ1v) is 10.3. The first-order valence-electron chi connectivity index (χ1n) is 10.3. The molecule has 2 saturated heterocycles. The number of rotatable bonds is 6. The molecule has 0 spiro atoms. The van der Waals surface area contributed by atoms with Crippen LogP contribution in [-0.4, -0.2) is 59.4 Å². The van der Waals surface area contributed by atoms with Crippen LogP contribution in [0.4, 0.5) is 0 Å². The van der Waals surface area contributed by atoms with Crippen molar-refractivity contribution in [1.29, 1.82) is 0 Å². The van der Waals surface area contributed by atoms with Crippen LogP contribution < -0.4 is 5.32 Å². The average Bonchev–Trinajstić information content (AvgIpc) is 2.61. The average molecular weight is 352 g/mol. The van der Waals surface area contributed by atoms with Crippen LogP contribution in [-0.2, 0) is 9.59 Å². The highest BCUT2D eigenvalue weighted by Crippen LogP contribution is 2.24. The van der Waals surface area contributed by atoms with Crippen LogP contribution in [0.25, 0.3) is 0 Å². The zero-order chi connectivity index (χ0) is 18.4. The molecule has 0 aromatic carbocycles. The van der Waals surface area contributed by atoms with Gasteiger partial charge in [0.25, 0.3) is 0 Å². The van der Waals surface area contributed by atoms with Gasteiger partial charge in [0.1, 0.15) is 0 Å². The maximum absolute atomic E-state index is 13.1. The molecular formula is C20H37N3O2. The Hall–Kier alpha value is -1.10. The lowest BCUT2D eigenvalue weighted by Gasteiger charge is -2.42. The maximum Gasteiger partial charge on any atom is 0.239 e. The van der Waals surface area contributed by atoms with Gasteiger partial charge in [0.2, 0.25) is 11.8 Å². The molecule has 3 unspecified atom stereocenters.